The Morgan fingerprint density at radius 3 is 2.09 bits per heavy atom. The Bertz CT molecular complexity index is 1240. The van der Waals surface area contributed by atoms with E-state index in [0.717, 1.165) is 0 Å². The van der Waals surface area contributed by atoms with Crippen molar-refractivity contribution in [3.05, 3.63) is 57.6 Å². The normalized spacial score (nSPS) is 23.3. The minimum atomic E-state index is -0.886. The van der Waals surface area contributed by atoms with Gasteiger partial charge in [0, 0.05) is 36.1 Å². The fraction of sp³-hybridized carbons (Fsp3) is 0.333. The second kappa shape index (κ2) is 6.82. The minimum absolute atomic E-state index is 0.0130. The van der Waals surface area contributed by atoms with Crippen molar-refractivity contribution in [2.75, 3.05) is 0 Å². The summed E-state index contributed by atoms with van der Waals surface area (Å²) >= 11 is 0. The topological polar surface area (TPSA) is 120 Å². The summed E-state index contributed by atoms with van der Waals surface area (Å²) in [6.45, 7) is 4.01. The highest BCUT2D eigenvalue weighted by Gasteiger charge is 2.64. The van der Waals surface area contributed by atoms with E-state index in [0.29, 0.717) is 24.0 Å². The highest BCUT2D eigenvalue weighted by atomic mass is 16.6. The first kappa shape index (κ1) is 20.5. The first-order valence-corrected chi connectivity index (χ1v) is 10.3. The molecule has 2 aliphatic carbocycles. The molecule has 0 radical (unpaired) electrons. The molecule has 0 bridgehead atoms. The van der Waals surface area contributed by atoms with Gasteiger partial charge >= 0.3 is 11.9 Å². The third kappa shape index (κ3) is 2.69. The number of aliphatic hydroxyl groups is 1. The lowest BCUT2D eigenvalue weighted by Gasteiger charge is -2.30. The average molecular weight is 436 g/mol. The number of carbonyl (C=O) groups excluding carboxylic acids is 4. The summed E-state index contributed by atoms with van der Waals surface area (Å²) in [5.41, 5.74) is 0.0751. The van der Waals surface area contributed by atoms with Crippen LogP contribution < -0.4 is 9.47 Å². The smallest absolute Gasteiger partial charge is 0.308 e. The summed E-state index contributed by atoms with van der Waals surface area (Å²) in [6.07, 6.45) is -0.783. The number of aliphatic hydroxyl groups excluding tert-OH is 1. The fourth-order valence-corrected chi connectivity index (χ4v) is 4.91. The zero-order chi connectivity index (χ0) is 22.9. The molecule has 8 nitrogen and oxygen atoms in total. The van der Waals surface area contributed by atoms with Gasteiger partial charge in [0.25, 0.3) is 0 Å². The second-order valence-electron chi connectivity index (χ2n) is 8.32. The second-order valence-corrected chi connectivity index (χ2v) is 8.32. The SMILES string of the molecule is CC(=O)Oc1c2c(c(OC(C)=O)c3c1C(=O)c1ccccc1C3=O)[C@H]1O[C@@]1([C@H](C)O)CC2. The summed E-state index contributed by atoms with van der Waals surface area (Å²) in [5, 5.41) is 10.3. The van der Waals surface area contributed by atoms with Crippen LogP contribution in [0.1, 0.15) is 76.3 Å². The zero-order valence-electron chi connectivity index (χ0n) is 17.7. The van der Waals surface area contributed by atoms with Gasteiger partial charge in [0.15, 0.2) is 11.6 Å². The molecule has 5 rings (SSSR count). The molecule has 0 amide bonds. The number of ether oxygens (including phenoxy) is 3. The lowest BCUT2D eigenvalue weighted by atomic mass is 9.74. The van der Waals surface area contributed by atoms with Crippen LogP contribution >= 0.6 is 0 Å². The summed E-state index contributed by atoms with van der Waals surface area (Å²) in [4.78, 5) is 51.0. The molecule has 164 valence electrons. The molecule has 0 spiro atoms. The number of hydrogen-bond acceptors (Lipinski definition) is 8. The highest BCUT2D eigenvalue weighted by Crippen LogP contribution is 2.63. The Hall–Kier alpha value is -3.36. The van der Waals surface area contributed by atoms with Crippen molar-refractivity contribution in [3.63, 3.8) is 0 Å². The molecule has 2 aromatic rings. The number of rotatable bonds is 3. The van der Waals surface area contributed by atoms with Crippen LogP contribution in [0.4, 0.5) is 0 Å². The average Bonchev–Trinajstić information content (AvgIpc) is 3.49. The van der Waals surface area contributed by atoms with Crippen LogP contribution in [0, 0.1) is 0 Å². The first-order valence-electron chi connectivity index (χ1n) is 10.3. The molecule has 32 heavy (non-hydrogen) atoms. The lowest BCUT2D eigenvalue weighted by Crippen LogP contribution is -2.33. The molecule has 1 fully saturated rings. The number of fused-ring (bicyclic) bond motifs is 5. The lowest BCUT2D eigenvalue weighted by molar-refractivity contribution is -0.133. The number of carbonyl (C=O) groups is 4. The standard InChI is InChI=1S/C24H20O8/c1-10(25)24-9-8-15-16(23(24)32-24)22(31-12(3)27)18-17(21(15)30-11(2)26)19(28)13-6-4-5-7-14(13)20(18)29/h4-7,10,23,25H,8-9H2,1-3H3/t10-,23+,24+/m0/s1. The van der Waals surface area contributed by atoms with E-state index in [1.807, 2.05) is 0 Å². The van der Waals surface area contributed by atoms with E-state index in [-0.39, 0.29) is 33.8 Å². The quantitative estimate of drug-likeness (QED) is 0.378. The maximum absolute atomic E-state index is 13.5. The molecular weight excluding hydrogens is 416 g/mol. The van der Waals surface area contributed by atoms with Crippen LogP contribution in [0.3, 0.4) is 0 Å². The van der Waals surface area contributed by atoms with Crippen LogP contribution in [-0.2, 0) is 20.7 Å². The molecule has 2 aromatic carbocycles. The number of ketones is 2. The Kier molecular flexibility index (Phi) is 4.38. The van der Waals surface area contributed by atoms with Crippen LogP contribution in [0.25, 0.3) is 0 Å². The molecule has 1 aliphatic heterocycles. The fourth-order valence-electron chi connectivity index (χ4n) is 4.91. The maximum atomic E-state index is 13.5. The predicted octanol–water partition coefficient (Wildman–Crippen LogP) is 2.45. The van der Waals surface area contributed by atoms with Crippen molar-refractivity contribution >= 4 is 23.5 Å². The van der Waals surface area contributed by atoms with Gasteiger partial charge < -0.3 is 19.3 Å². The van der Waals surface area contributed by atoms with E-state index in [9.17, 15) is 24.3 Å². The van der Waals surface area contributed by atoms with E-state index in [4.69, 9.17) is 14.2 Å². The minimum Gasteiger partial charge on any atom is -0.426 e. The summed E-state index contributed by atoms with van der Waals surface area (Å²) in [7, 11) is 0. The van der Waals surface area contributed by atoms with Crippen LogP contribution in [0.5, 0.6) is 11.5 Å². The maximum Gasteiger partial charge on any atom is 0.308 e. The van der Waals surface area contributed by atoms with Gasteiger partial charge in [-0.2, -0.15) is 0 Å². The summed E-state index contributed by atoms with van der Waals surface area (Å²) < 4.78 is 16.9. The first-order chi connectivity index (χ1) is 15.2. The van der Waals surface area contributed by atoms with Gasteiger partial charge in [-0.3, -0.25) is 19.2 Å². The molecule has 1 heterocycles. The number of hydrogen-bond donors (Lipinski definition) is 1. The molecule has 3 aliphatic rings. The molecular formula is C24H20O8. The third-order valence-electron chi connectivity index (χ3n) is 6.37. The van der Waals surface area contributed by atoms with Gasteiger partial charge in [0.05, 0.1) is 17.2 Å². The van der Waals surface area contributed by atoms with Gasteiger partial charge in [-0.25, -0.2) is 0 Å². The van der Waals surface area contributed by atoms with Crippen molar-refractivity contribution in [2.24, 2.45) is 0 Å². The zero-order valence-corrected chi connectivity index (χ0v) is 17.7. The van der Waals surface area contributed by atoms with E-state index in [2.05, 4.69) is 0 Å². The number of epoxide rings is 1. The number of benzene rings is 2. The number of esters is 2. The van der Waals surface area contributed by atoms with Gasteiger partial charge in [-0.05, 0) is 19.8 Å². The molecule has 3 atom stereocenters. The van der Waals surface area contributed by atoms with Gasteiger partial charge in [-0.15, -0.1) is 0 Å². The molecule has 1 N–H and O–H groups in total. The van der Waals surface area contributed by atoms with Gasteiger partial charge in [0.1, 0.15) is 23.2 Å². The Morgan fingerprint density at radius 2 is 1.56 bits per heavy atom. The van der Waals surface area contributed by atoms with Crippen molar-refractivity contribution < 1.29 is 38.5 Å². The molecule has 1 saturated heterocycles. The Balaban J connectivity index is 1.87. The van der Waals surface area contributed by atoms with E-state index < -0.39 is 41.3 Å². The van der Waals surface area contributed by atoms with Crippen LogP contribution in [0.2, 0.25) is 0 Å². The molecule has 8 heteroatoms. The van der Waals surface area contributed by atoms with Crippen molar-refractivity contribution in [1.29, 1.82) is 0 Å². The van der Waals surface area contributed by atoms with Crippen LogP contribution in [-0.4, -0.2) is 40.3 Å². The van der Waals surface area contributed by atoms with E-state index in [1.165, 1.54) is 26.0 Å². The van der Waals surface area contributed by atoms with Gasteiger partial charge in [0.2, 0.25) is 0 Å². The van der Waals surface area contributed by atoms with Crippen LogP contribution in [0.15, 0.2) is 24.3 Å². The van der Waals surface area contributed by atoms with Crippen molar-refractivity contribution in [2.45, 2.75) is 51.4 Å². The highest BCUT2D eigenvalue weighted by molar-refractivity contribution is 6.30. The predicted molar refractivity (Wildman–Crippen MR) is 109 cm³/mol. The van der Waals surface area contributed by atoms with E-state index >= 15 is 0 Å². The molecule has 0 saturated carbocycles. The summed E-state index contributed by atoms with van der Waals surface area (Å²) in [6, 6.07) is 6.33. The Morgan fingerprint density at radius 1 is 1.03 bits per heavy atom. The van der Waals surface area contributed by atoms with Crippen molar-refractivity contribution in [1.82, 2.24) is 0 Å². The molecule has 0 aromatic heterocycles. The summed E-state index contributed by atoms with van der Waals surface area (Å²) in [5.74, 6) is -2.43. The third-order valence-corrected chi connectivity index (χ3v) is 6.37. The Labute approximate surface area is 183 Å². The van der Waals surface area contributed by atoms with Crippen molar-refractivity contribution in [3.8, 4) is 11.5 Å². The monoisotopic (exact) mass is 436 g/mol. The van der Waals surface area contributed by atoms with E-state index in [1.54, 1.807) is 19.1 Å². The van der Waals surface area contributed by atoms with Gasteiger partial charge in [-0.1, -0.05) is 24.3 Å². The largest absolute Gasteiger partial charge is 0.426 e. The molecule has 0 unspecified atom stereocenters.